The van der Waals surface area contributed by atoms with E-state index in [9.17, 15) is 17.6 Å². The zero-order chi connectivity index (χ0) is 16.8. The molecule has 0 saturated heterocycles. The highest BCUT2D eigenvalue weighted by Gasteiger charge is 2.19. The van der Waals surface area contributed by atoms with E-state index in [1.165, 1.54) is 12.1 Å². The Morgan fingerprint density at radius 1 is 1.36 bits per heavy atom. The average Bonchev–Trinajstić information content (AvgIpc) is 2.41. The summed E-state index contributed by atoms with van der Waals surface area (Å²) in [5.41, 5.74) is 0.318. The highest BCUT2D eigenvalue weighted by Crippen LogP contribution is 2.19. The van der Waals surface area contributed by atoms with Crippen molar-refractivity contribution in [2.45, 2.75) is 26.2 Å². The molecule has 0 bridgehead atoms. The molecule has 124 valence electrons. The van der Waals surface area contributed by atoms with Gasteiger partial charge in [0, 0.05) is 12.2 Å². The number of hydrogen-bond acceptors (Lipinski definition) is 3. The molecule has 0 atom stereocenters. The third-order valence-corrected chi connectivity index (χ3v) is 4.54. The van der Waals surface area contributed by atoms with E-state index < -0.39 is 21.7 Å². The molecule has 1 aromatic carbocycles. The lowest BCUT2D eigenvalue weighted by Crippen LogP contribution is -2.38. The van der Waals surface area contributed by atoms with Crippen LogP contribution in [0.15, 0.2) is 18.2 Å². The summed E-state index contributed by atoms with van der Waals surface area (Å²) in [6.45, 7) is 2.03. The van der Waals surface area contributed by atoms with Crippen LogP contribution in [-0.4, -0.2) is 38.0 Å². The molecule has 22 heavy (non-hydrogen) atoms. The van der Waals surface area contributed by atoms with Crippen molar-refractivity contribution in [3.8, 4) is 0 Å². The molecular formula is C14H20ClFN2O3S. The number of nitrogens with one attached hydrogen (secondary N) is 1. The van der Waals surface area contributed by atoms with Gasteiger partial charge in [-0.1, -0.05) is 31.4 Å². The minimum atomic E-state index is -3.46. The first-order valence-electron chi connectivity index (χ1n) is 6.94. The number of sulfonamides is 1. The lowest BCUT2D eigenvalue weighted by Gasteiger charge is -2.19. The van der Waals surface area contributed by atoms with Crippen molar-refractivity contribution in [1.82, 2.24) is 4.31 Å². The Morgan fingerprint density at radius 2 is 2.05 bits per heavy atom. The molecule has 0 fully saturated rings. The zero-order valence-electron chi connectivity index (χ0n) is 12.6. The minimum Gasteiger partial charge on any atom is -0.325 e. The number of benzene rings is 1. The number of hydrogen-bond donors (Lipinski definition) is 1. The van der Waals surface area contributed by atoms with Crippen LogP contribution in [0.2, 0.25) is 5.02 Å². The predicted octanol–water partition coefficient (Wildman–Crippen LogP) is 2.87. The normalized spacial score (nSPS) is 11.7. The third-order valence-electron chi connectivity index (χ3n) is 3.00. The monoisotopic (exact) mass is 350 g/mol. The molecule has 0 saturated carbocycles. The molecule has 8 heteroatoms. The van der Waals surface area contributed by atoms with Gasteiger partial charge < -0.3 is 5.32 Å². The summed E-state index contributed by atoms with van der Waals surface area (Å²) < 4.78 is 37.5. The Labute approximate surface area is 135 Å². The van der Waals surface area contributed by atoms with Gasteiger partial charge in [-0.05, 0) is 24.6 Å². The standard InChI is InChI=1S/C14H20ClFN2O3S/c1-3-4-5-8-18(22(2,20)21)10-14(19)17-11-6-7-13(16)12(15)9-11/h6-7,9H,3-5,8,10H2,1-2H3,(H,17,19). The number of rotatable bonds is 8. The zero-order valence-corrected chi connectivity index (χ0v) is 14.2. The lowest BCUT2D eigenvalue weighted by atomic mass is 10.2. The second kappa shape index (κ2) is 8.45. The maximum absolute atomic E-state index is 13.0. The largest absolute Gasteiger partial charge is 0.325 e. The molecule has 0 aromatic heterocycles. The van der Waals surface area contributed by atoms with Gasteiger partial charge in [0.05, 0.1) is 17.8 Å². The second-order valence-electron chi connectivity index (χ2n) is 4.98. The van der Waals surface area contributed by atoms with Crippen LogP contribution in [0, 0.1) is 5.82 Å². The average molecular weight is 351 g/mol. The van der Waals surface area contributed by atoms with Crippen LogP contribution < -0.4 is 5.32 Å². The Hall–Kier alpha value is -1.18. The molecule has 0 aliphatic carbocycles. The van der Waals surface area contributed by atoms with Gasteiger partial charge in [-0.25, -0.2) is 12.8 Å². The van der Waals surface area contributed by atoms with Gasteiger partial charge in [0.15, 0.2) is 0 Å². The maximum Gasteiger partial charge on any atom is 0.239 e. The Balaban J connectivity index is 2.68. The number of carbonyl (C=O) groups excluding carboxylic acids is 1. The molecular weight excluding hydrogens is 331 g/mol. The summed E-state index contributed by atoms with van der Waals surface area (Å²) in [7, 11) is -3.46. The van der Waals surface area contributed by atoms with Gasteiger partial charge in [-0.2, -0.15) is 4.31 Å². The maximum atomic E-state index is 13.0. The molecule has 0 heterocycles. The first-order chi connectivity index (χ1) is 10.2. The summed E-state index contributed by atoms with van der Waals surface area (Å²) in [6, 6.07) is 3.77. The fourth-order valence-electron chi connectivity index (χ4n) is 1.83. The number of nitrogens with zero attached hydrogens (tertiary/aromatic N) is 1. The summed E-state index contributed by atoms with van der Waals surface area (Å²) in [5, 5.41) is 2.40. The first kappa shape index (κ1) is 18.9. The van der Waals surface area contributed by atoms with E-state index >= 15 is 0 Å². The highest BCUT2D eigenvalue weighted by atomic mass is 35.5. The fraction of sp³-hybridized carbons (Fsp3) is 0.500. The van der Waals surface area contributed by atoms with Crippen LogP contribution >= 0.6 is 11.6 Å². The fourth-order valence-corrected chi connectivity index (χ4v) is 2.83. The van der Waals surface area contributed by atoms with Gasteiger partial charge in [-0.15, -0.1) is 0 Å². The summed E-state index contributed by atoms with van der Waals surface area (Å²) >= 11 is 5.63. The molecule has 0 radical (unpaired) electrons. The quantitative estimate of drug-likeness (QED) is 0.733. The number of amides is 1. The highest BCUT2D eigenvalue weighted by molar-refractivity contribution is 7.88. The van der Waals surface area contributed by atoms with Crippen LogP contribution in [0.3, 0.4) is 0 Å². The van der Waals surface area contributed by atoms with Crippen LogP contribution in [0.25, 0.3) is 0 Å². The van der Waals surface area contributed by atoms with E-state index in [-0.39, 0.29) is 11.6 Å². The molecule has 1 amide bonds. The topological polar surface area (TPSA) is 66.5 Å². The van der Waals surface area contributed by atoms with Crippen LogP contribution in [0.1, 0.15) is 26.2 Å². The molecule has 1 aromatic rings. The SMILES string of the molecule is CCCCCN(CC(=O)Nc1ccc(F)c(Cl)c1)S(C)(=O)=O. The molecule has 0 aliphatic rings. The van der Waals surface area contributed by atoms with Crippen LogP contribution in [-0.2, 0) is 14.8 Å². The van der Waals surface area contributed by atoms with Gasteiger partial charge in [-0.3, -0.25) is 4.79 Å². The first-order valence-corrected chi connectivity index (χ1v) is 9.16. The molecule has 5 nitrogen and oxygen atoms in total. The van der Waals surface area contributed by atoms with Crippen molar-refractivity contribution in [3.63, 3.8) is 0 Å². The van der Waals surface area contributed by atoms with E-state index in [4.69, 9.17) is 11.6 Å². The van der Waals surface area contributed by atoms with Crippen molar-refractivity contribution in [3.05, 3.63) is 29.0 Å². The van der Waals surface area contributed by atoms with Gasteiger partial charge >= 0.3 is 0 Å². The van der Waals surface area contributed by atoms with Gasteiger partial charge in [0.25, 0.3) is 0 Å². The van der Waals surface area contributed by atoms with E-state index in [0.717, 1.165) is 29.5 Å². The second-order valence-corrected chi connectivity index (χ2v) is 7.37. The van der Waals surface area contributed by atoms with Gasteiger partial charge in [0.2, 0.25) is 15.9 Å². The molecule has 0 spiro atoms. The summed E-state index contributed by atoms with van der Waals surface area (Å²) in [5.74, 6) is -1.08. The van der Waals surface area contributed by atoms with Crippen molar-refractivity contribution >= 4 is 33.2 Å². The van der Waals surface area contributed by atoms with E-state index in [1.54, 1.807) is 0 Å². The third kappa shape index (κ3) is 6.29. The van der Waals surface area contributed by atoms with E-state index in [0.29, 0.717) is 18.7 Å². The van der Waals surface area contributed by atoms with Crippen molar-refractivity contribution in [2.24, 2.45) is 0 Å². The van der Waals surface area contributed by atoms with Crippen LogP contribution in [0.4, 0.5) is 10.1 Å². The number of anilines is 1. The summed E-state index contributed by atoms with van der Waals surface area (Å²) in [6.07, 6.45) is 3.61. The predicted molar refractivity (Wildman–Crippen MR) is 86.0 cm³/mol. The molecule has 1 N–H and O–H groups in total. The van der Waals surface area contributed by atoms with Crippen molar-refractivity contribution in [1.29, 1.82) is 0 Å². The Kier molecular flexibility index (Phi) is 7.25. The molecule has 0 unspecified atom stereocenters. The van der Waals surface area contributed by atoms with Crippen LogP contribution in [0.5, 0.6) is 0 Å². The molecule has 1 rings (SSSR count). The lowest BCUT2D eigenvalue weighted by molar-refractivity contribution is -0.116. The summed E-state index contributed by atoms with van der Waals surface area (Å²) in [4.78, 5) is 11.9. The Morgan fingerprint density at radius 3 is 2.59 bits per heavy atom. The minimum absolute atomic E-state index is 0.110. The van der Waals surface area contributed by atoms with Crippen molar-refractivity contribution < 1.29 is 17.6 Å². The van der Waals surface area contributed by atoms with Crippen molar-refractivity contribution in [2.75, 3.05) is 24.7 Å². The number of halogens is 2. The number of unbranched alkanes of at least 4 members (excludes halogenated alkanes) is 2. The smallest absolute Gasteiger partial charge is 0.239 e. The Bertz CT molecular complexity index is 623. The van der Waals surface area contributed by atoms with E-state index in [2.05, 4.69) is 5.32 Å². The van der Waals surface area contributed by atoms with Gasteiger partial charge in [0.1, 0.15) is 5.82 Å². The molecule has 0 aliphatic heterocycles. The number of carbonyl (C=O) groups is 1. The van der Waals surface area contributed by atoms with E-state index in [1.807, 2.05) is 6.92 Å².